The lowest BCUT2D eigenvalue weighted by Gasteiger charge is -2.31. The van der Waals surface area contributed by atoms with Crippen LogP contribution in [0.4, 0.5) is 9.18 Å². The zero-order valence-corrected chi connectivity index (χ0v) is 21.8. The summed E-state index contributed by atoms with van der Waals surface area (Å²) in [7, 11) is 0. The number of aliphatic carboxylic acids is 1. The van der Waals surface area contributed by atoms with Crippen molar-refractivity contribution in [3.63, 3.8) is 0 Å². The Balaban J connectivity index is 2.54. The molecule has 194 valence electrons. The Labute approximate surface area is 206 Å². The largest absolute Gasteiger partial charge is 0.480 e. The smallest absolute Gasteiger partial charge is 0.411 e. The van der Waals surface area contributed by atoms with E-state index in [0.717, 1.165) is 19.3 Å². The van der Waals surface area contributed by atoms with Crippen molar-refractivity contribution in [2.24, 2.45) is 0 Å². The molecule has 0 bridgehead atoms. The molecule has 0 aliphatic heterocycles. The molecule has 6 heteroatoms. The summed E-state index contributed by atoms with van der Waals surface area (Å²) in [6.45, 7) is 7.86. The number of hydrogen-bond donors (Lipinski definition) is 1. The maximum Gasteiger partial charge on any atom is 0.411 e. The van der Waals surface area contributed by atoms with Crippen LogP contribution in [0, 0.1) is 5.82 Å². The first-order valence-electron chi connectivity index (χ1n) is 13.1. The van der Waals surface area contributed by atoms with Gasteiger partial charge in [0.25, 0.3) is 0 Å². The predicted molar refractivity (Wildman–Crippen MR) is 136 cm³/mol. The van der Waals surface area contributed by atoms with Gasteiger partial charge in [0, 0.05) is 13.0 Å². The molecule has 1 amide bonds. The number of rotatable bonds is 17. The monoisotopic (exact) mass is 479 g/mol. The molecule has 1 rings (SSSR count). The van der Waals surface area contributed by atoms with Crippen LogP contribution in [0.1, 0.15) is 110 Å². The SMILES string of the molecule is CCCCCCCCCCCCCCN(C(=O)OC(C)(C)C)C(Cc1ccc(F)cc1)C(=O)O. The van der Waals surface area contributed by atoms with Gasteiger partial charge in [-0.2, -0.15) is 0 Å². The third-order valence-corrected chi connectivity index (χ3v) is 5.88. The van der Waals surface area contributed by atoms with E-state index in [-0.39, 0.29) is 12.2 Å². The van der Waals surface area contributed by atoms with Crippen molar-refractivity contribution in [2.45, 2.75) is 123 Å². The Kier molecular flexibility index (Phi) is 14.5. The van der Waals surface area contributed by atoms with Crippen molar-refractivity contribution in [2.75, 3.05) is 6.54 Å². The molecule has 0 radical (unpaired) electrons. The molecule has 0 heterocycles. The minimum absolute atomic E-state index is 0.104. The van der Waals surface area contributed by atoms with Gasteiger partial charge in [-0.25, -0.2) is 14.0 Å². The summed E-state index contributed by atoms with van der Waals surface area (Å²) in [6, 6.07) is 4.66. The molecule has 0 aliphatic rings. The highest BCUT2D eigenvalue weighted by Crippen LogP contribution is 2.18. The first-order chi connectivity index (χ1) is 16.1. The Morgan fingerprint density at radius 3 is 1.79 bits per heavy atom. The van der Waals surface area contributed by atoms with E-state index in [2.05, 4.69) is 6.92 Å². The highest BCUT2D eigenvalue weighted by atomic mass is 19.1. The predicted octanol–water partition coefficient (Wildman–Crippen LogP) is 7.76. The molecule has 1 N–H and O–H groups in total. The summed E-state index contributed by atoms with van der Waals surface area (Å²) in [6.07, 6.45) is 13.8. The molecule has 0 saturated heterocycles. The van der Waals surface area contributed by atoms with Crippen LogP contribution in [0.5, 0.6) is 0 Å². The highest BCUT2D eigenvalue weighted by Gasteiger charge is 2.32. The van der Waals surface area contributed by atoms with E-state index in [1.165, 1.54) is 74.8 Å². The zero-order chi connectivity index (χ0) is 25.4. The average molecular weight is 480 g/mol. The van der Waals surface area contributed by atoms with Gasteiger partial charge in [-0.3, -0.25) is 4.90 Å². The van der Waals surface area contributed by atoms with Gasteiger partial charge in [-0.05, 0) is 44.9 Å². The van der Waals surface area contributed by atoms with E-state index in [0.29, 0.717) is 12.1 Å². The molecule has 1 unspecified atom stereocenters. The van der Waals surface area contributed by atoms with Gasteiger partial charge in [0.15, 0.2) is 0 Å². The third-order valence-electron chi connectivity index (χ3n) is 5.88. The molecular weight excluding hydrogens is 433 g/mol. The van der Waals surface area contributed by atoms with Crippen molar-refractivity contribution in [1.82, 2.24) is 4.90 Å². The summed E-state index contributed by atoms with van der Waals surface area (Å²) in [5.41, 5.74) is -0.0535. The molecule has 34 heavy (non-hydrogen) atoms. The van der Waals surface area contributed by atoms with Crippen LogP contribution in [0.2, 0.25) is 0 Å². The topological polar surface area (TPSA) is 66.8 Å². The number of hydrogen-bond acceptors (Lipinski definition) is 3. The van der Waals surface area contributed by atoms with Crippen LogP contribution in [0.25, 0.3) is 0 Å². The summed E-state index contributed by atoms with van der Waals surface area (Å²) in [4.78, 5) is 26.3. The van der Waals surface area contributed by atoms with Crippen LogP contribution in [-0.2, 0) is 16.0 Å². The van der Waals surface area contributed by atoms with Crippen LogP contribution in [0.15, 0.2) is 24.3 Å². The number of amides is 1. The quantitative estimate of drug-likeness (QED) is 0.232. The van der Waals surface area contributed by atoms with E-state index >= 15 is 0 Å². The number of carbonyl (C=O) groups excluding carboxylic acids is 1. The number of carboxylic acid groups (broad SMARTS) is 1. The second kappa shape index (κ2) is 16.5. The Bertz CT molecular complexity index is 699. The fraction of sp³-hybridized carbons (Fsp3) is 0.714. The molecule has 0 aromatic heterocycles. The summed E-state index contributed by atoms with van der Waals surface area (Å²) < 4.78 is 18.8. The van der Waals surface area contributed by atoms with Crippen LogP contribution < -0.4 is 0 Å². The number of nitrogens with zero attached hydrogens (tertiary/aromatic N) is 1. The normalized spacial score (nSPS) is 12.4. The fourth-order valence-corrected chi connectivity index (χ4v) is 3.99. The maximum absolute atomic E-state index is 13.3. The molecule has 1 aromatic carbocycles. The molecule has 5 nitrogen and oxygen atoms in total. The van der Waals surface area contributed by atoms with Crippen LogP contribution in [-0.4, -0.2) is 40.3 Å². The van der Waals surface area contributed by atoms with E-state index in [9.17, 15) is 19.1 Å². The number of carbonyl (C=O) groups is 2. The molecule has 1 atom stereocenters. The zero-order valence-electron chi connectivity index (χ0n) is 21.8. The lowest BCUT2D eigenvalue weighted by atomic mass is 10.0. The number of benzene rings is 1. The molecule has 0 spiro atoms. The van der Waals surface area contributed by atoms with Gasteiger partial charge >= 0.3 is 12.1 Å². The van der Waals surface area contributed by atoms with Gasteiger partial charge in [0.2, 0.25) is 0 Å². The standard InChI is InChI=1S/C28H46FNO4/c1-5-6-7-8-9-10-11-12-13-14-15-16-21-30(27(33)34-28(2,3)4)25(26(31)32)22-23-17-19-24(29)20-18-23/h17-20,25H,5-16,21-22H2,1-4H3,(H,31,32). The van der Waals surface area contributed by atoms with Gasteiger partial charge in [0.1, 0.15) is 17.5 Å². The first-order valence-corrected chi connectivity index (χ1v) is 13.1. The van der Waals surface area contributed by atoms with Crippen LogP contribution in [0.3, 0.4) is 0 Å². The summed E-state index contributed by atoms with van der Waals surface area (Å²) in [5.74, 6) is -1.47. The second-order valence-corrected chi connectivity index (χ2v) is 10.2. The summed E-state index contributed by atoms with van der Waals surface area (Å²) in [5, 5.41) is 9.87. The fourth-order valence-electron chi connectivity index (χ4n) is 3.99. The number of halogens is 1. The van der Waals surface area contributed by atoms with Crippen LogP contribution >= 0.6 is 0 Å². The lowest BCUT2D eigenvalue weighted by Crippen LogP contribution is -2.48. The maximum atomic E-state index is 13.3. The van der Waals surface area contributed by atoms with E-state index < -0.39 is 23.7 Å². The Hall–Kier alpha value is -2.11. The molecule has 0 fully saturated rings. The van der Waals surface area contributed by atoms with Crippen molar-refractivity contribution >= 4 is 12.1 Å². The highest BCUT2D eigenvalue weighted by molar-refractivity contribution is 5.80. The molecule has 1 aromatic rings. The molecular formula is C28H46FNO4. The molecule has 0 aliphatic carbocycles. The van der Waals surface area contributed by atoms with Gasteiger partial charge in [-0.1, -0.05) is 89.7 Å². The Morgan fingerprint density at radius 2 is 1.35 bits per heavy atom. The van der Waals surface area contributed by atoms with Gasteiger partial charge in [-0.15, -0.1) is 0 Å². The third kappa shape index (κ3) is 13.6. The van der Waals surface area contributed by atoms with Gasteiger partial charge in [0.05, 0.1) is 0 Å². The minimum Gasteiger partial charge on any atom is -0.480 e. The molecule has 0 saturated carbocycles. The average Bonchev–Trinajstić information content (AvgIpc) is 2.75. The number of unbranched alkanes of at least 4 members (excludes halogenated alkanes) is 11. The van der Waals surface area contributed by atoms with E-state index in [4.69, 9.17) is 4.74 Å². The van der Waals surface area contributed by atoms with E-state index in [1.54, 1.807) is 32.9 Å². The van der Waals surface area contributed by atoms with Crippen molar-refractivity contribution in [3.05, 3.63) is 35.6 Å². The Morgan fingerprint density at radius 1 is 0.882 bits per heavy atom. The number of ether oxygens (including phenoxy) is 1. The second-order valence-electron chi connectivity index (χ2n) is 10.2. The summed E-state index contributed by atoms with van der Waals surface area (Å²) >= 11 is 0. The van der Waals surface area contributed by atoms with Crippen molar-refractivity contribution in [3.8, 4) is 0 Å². The van der Waals surface area contributed by atoms with E-state index in [1.807, 2.05) is 0 Å². The van der Waals surface area contributed by atoms with Gasteiger partial charge < -0.3 is 9.84 Å². The lowest BCUT2D eigenvalue weighted by molar-refractivity contribution is -0.143. The number of carboxylic acids is 1. The van der Waals surface area contributed by atoms with Crippen molar-refractivity contribution in [1.29, 1.82) is 0 Å². The minimum atomic E-state index is -1.09. The van der Waals surface area contributed by atoms with Crippen molar-refractivity contribution < 1.29 is 23.8 Å². The first kappa shape index (κ1) is 29.9.